The van der Waals surface area contributed by atoms with Gasteiger partial charge in [-0.25, -0.2) is 9.78 Å². The minimum Gasteiger partial charge on any atom is -0.480 e. The molecule has 12 nitrogen and oxygen atoms in total. The number of rotatable bonds is 7. The zero-order valence-electron chi connectivity index (χ0n) is 24.9. The Labute approximate surface area is 269 Å². The lowest BCUT2D eigenvalue weighted by molar-refractivity contribution is -0.140. The van der Waals surface area contributed by atoms with E-state index in [2.05, 4.69) is 20.5 Å². The summed E-state index contributed by atoms with van der Waals surface area (Å²) in [5.74, 6) is -1.76. The fraction of sp³-hybridized carbons (Fsp3) is 0.355. The van der Waals surface area contributed by atoms with E-state index in [1.807, 2.05) is 12.1 Å². The van der Waals surface area contributed by atoms with Crippen LogP contribution in [0.3, 0.4) is 0 Å². The second-order valence-corrected chi connectivity index (χ2v) is 12.4. The summed E-state index contributed by atoms with van der Waals surface area (Å²) >= 11 is 13.7. The molecular weight excluding hydrogens is 621 g/mol. The van der Waals surface area contributed by atoms with Gasteiger partial charge in [0, 0.05) is 63.4 Å². The number of nitrogens with one attached hydrogen (secondary N) is 2. The van der Waals surface area contributed by atoms with Gasteiger partial charge in [0.25, 0.3) is 0 Å². The maximum absolute atomic E-state index is 13.1. The summed E-state index contributed by atoms with van der Waals surface area (Å²) in [5, 5.41) is 6.43. The molecular formula is C31H31Cl2N7O5. The maximum Gasteiger partial charge on any atom is 0.326 e. The topological polar surface area (TPSA) is 137 Å². The average Bonchev–Trinajstić information content (AvgIpc) is 3.41. The predicted molar refractivity (Wildman–Crippen MR) is 168 cm³/mol. The first kappa shape index (κ1) is 30.8. The number of hydrogen-bond acceptors (Lipinski definition) is 8. The van der Waals surface area contributed by atoms with E-state index in [9.17, 15) is 19.2 Å². The van der Waals surface area contributed by atoms with Crippen LogP contribution in [0.1, 0.15) is 18.5 Å². The van der Waals surface area contributed by atoms with Crippen molar-refractivity contribution in [2.45, 2.75) is 24.9 Å². The average molecular weight is 653 g/mol. The number of carbonyl (C=O) groups is 4. The lowest BCUT2D eigenvalue weighted by Gasteiger charge is -2.47. The number of benzene rings is 2. The second-order valence-electron chi connectivity index (χ2n) is 11.6. The minimum absolute atomic E-state index is 0.0423. The molecule has 0 radical (unpaired) electrons. The number of amides is 5. The number of carbonyl (C=O) groups excluding carboxylic acids is 4. The lowest BCUT2D eigenvalue weighted by Crippen LogP contribution is -2.66. The van der Waals surface area contributed by atoms with Gasteiger partial charge in [-0.2, -0.15) is 0 Å². The molecule has 1 aromatic heterocycles. The van der Waals surface area contributed by atoms with Crippen molar-refractivity contribution >= 4 is 52.6 Å². The summed E-state index contributed by atoms with van der Waals surface area (Å²) in [6.07, 6.45) is 3.06. The molecule has 3 fully saturated rings. The second kappa shape index (κ2) is 11.9. The molecule has 0 bridgehead atoms. The molecule has 4 heterocycles. The first-order valence-electron chi connectivity index (χ1n) is 14.3. The monoisotopic (exact) mass is 651 g/mol. The van der Waals surface area contributed by atoms with Gasteiger partial charge in [-0.1, -0.05) is 53.5 Å². The third-order valence-electron chi connectivity index (χ3n) is 8.50. The number of aromatic nitrogens is 2. The number of anilines is 1. The number of urea groups is 1. The van der Waals surface area contributed by atoms with Crippen molar-refractivity contribution in [1.82, 2.24) is 30.0 Å². The quantitative estimate of drug-likeness (QED) is 0.369. The summed E-state index contributed by atoms with van der Waals surface area (Å²) in [6, 6.07) is 10.1. The molecule has 3 aliphatic rings. The van der Waals surface area contributed by atoms with Gasteiger partial charge in [0.15, 0.2) is 0 Å². The molecule has 3 aliphatic heterocycles. The summed E-state index contributed by atoms with van der Waals surface area (Å²) in [5.41, 5.74) is 3.12. The molecule has 0 saturated carbocycles. The van der Waals surface area contributed by atoms with E-state index >= 15 is 0 Å². The zero-order chi connectivity index (χ0) is 32.0. The maximum atomic E-state index is 13.1. The molecule has 1 spiro atoms. The van der Waals surface area contributed by atoms with Crippen LogP contribution in [-0.4, -0.2) is 94.8 Å². The summed E-state index contributed by atoms with van der Waals surface area (Å²) in [7, 11) is 4.41. The van der Waals surface area contributed by atoms with Crippen molar-refractivity contribution in [2.75, 3.05) is 46.2 Å². The number of methoxy groups -OCH3 is 1. The molecule has 5 amide bonds. The Hall–Kier alpha value is -4.26. The van der Waals surface area contributed by atoms with E-state index < -0.39 is 23.8 Å². The fourth-order valence-corrected chi connectivity index (χ4v) is 6.75. The molecule has 3 saturated heterocycles. The Kier molecular flexibility index (Phi) is 8.14. The molecule has 2 N–H and O–H groups in total. The molecule has 0 aliphatic carbocycles. The van der Waals surface area contributed by atoms with Crippen molar-refractivity contribution < 1.29 is 23.9 Å². The van der Waals surface area contributed by atoms with E-state index in [4.69, 9.17) is 32.9 Å². The van der Waals surface area contributed by atoms with Gasteiger partial charge < -0.3 is 20.3 Å². The van der Waals surface area contributed by atoms with Gasteiger partial charge in [0.2, 0.25) is 23.6 Å². The number of halogens is 2. The van der Waals surface area contributed by atoms with Crippen molar-refractivity contribution in [3.63, 3.8) is 0 Å². The normalized spacial score (nSPS) is 19.5. The Morgan fingerprint density at radius 3 is 2.44 bits per heavy atom. The SMILES string of the molecule is COc1nc(-c2cccc(-c3cccc(NC(=O)C4CN(C)C(=O)N(C)C4=O)c3Cl)c2Cl)cnc1CN1CC2(CCC(=O)N2)C1. The van der Waals surface area contributed by atoms with Gasteiger partial charge in [-0.3, -0.25) is 29.2 Å². The van der Waals surface area contributed by atoms with Gasteiger partial charge >= 0.3 is 6.03 Å². The standard InChI is InChI=1S/C31H31Cl2N7O5/c1-38-13-20(29(43)39(2)30(38)44)27(42)35-21-9-5-7-18(26(21)33)17-6-4-8-19(25(17)32)22-12-34-23(28(36-22)45-3)14-40-15-31(16-40)11-10-24(41)37-31/h4-9,12,20H,10-11,13-16H2,1-3H3,(H,35,42)(H,37,41). The van der Waals surface area contributed by atoms with Crippen molar-refractivity contribution in [3.05, 3.63) is 58.3 Å². The molecule has 2 aromatic carbocycles. The van der Waals surface area contributed by atoms with E-state index in [1.54, 1.807) is 37.6 Å². The van der Waals surface area contributed by atoms with E-state index in [0.717, 1.165) is 24.4 Å². The largest absolute Gasteiger partial charge is 0.480 e. The van der Waals surface area contributed by atoms with Crippen LogP contribution in [0.25, 0.3) is 22.4 Å². The number of imide groups is 1. The number of likely N-dealkylation sites (tertiary alicyclic amines) is 1. The van der Waals surface area contributed by atoms with Crippen LogP contribution in [0.5, 0.6) is 5.88 Å². The highest BCUT2D eigenvalue weighted by atomic mass is 35.5. The molecule has 1 unspecified atom stereocenters. The van der Waals surface area contributed by atoms with Crippen LogP contribution < -0.4 is 15.4 Å². The number of ether oxygens (including phenoxy) is 1. The summed E-state index contributed by atoms with van der Waals surface area (Å²) in [4.78, 5) is 63.3. The molecule has 14 heteroatoms. The molecule has 1 atom stereocenters. The lowest BCUT2D eigenvalue weighted by atomic mass is 9.88. The van der Waals surface area contributed by atoms with Gasteiger partial charge in [0.1, 0.15) is 11.6 Å². The van der Waals surface area contributed by atoms with Crippen LogP contribution >= 0.6 is 23.2 Å². The Morgan fingerprint density at radius 2 is 1.76 bits per heavy atom. The van der Waals surface area contributed by atoms with Crippen LogP contribution in [0.4, 0.5) is 10.5 Å². The van der Waals surface area contributed by atoms with E-state index in [1.165, 1.54) is 19.0 Å². The van der Waals surface area contributed by atoms with E-state index in [-0.39, 0.29) is 23.0 Å². The Morgan fingerprint density at radius 1 is 1.07 bits per heavy atom. The highest BCUT2D eigenvalue weighted by Crippen LogP contribution is 2.41. The fourth-order valence-electron chi connectivity index (χ4n) is 6.15. The Balaban J connectivity index is 1.22. The van der Waals surface area contributed by atoms with Crippen molar-refractivity contribution in [1.29, 1.82) is 0 Å². The van der Waals surface area contributed by atoms with Crippen LogP contribution in [0, 0.1) is 5.92 Å². The number of nitrogens with zero attached hydrogens (tertiary/aromatic N) is 5. The minimum atomic E-state index is -1.08. The van der Waals surface area contributed by atoms with Crippen molar-refractivity contribution in [3.8, 4) is 28.3 Å². The summed E-state index contributed by atoms with van der Waals surface area (Å²) in [6.45, 7) is 2.00. The van der Waals surface area contributed by atoms with Gasteiger partial charge in [-0.15, -0.1) is 0 Å². The third-order valence-corrected chi connectivity index (χ3v) is 9.32. The third kappa shape index (κ3) is 5.69. The first-order valence-corrected chi connectivity index (χ1v) is 15.1. The zero-order valence-corrected chi connectivity index (χ0v) is 26.4. The molecule has 3 aromatic rings. The first-order chi connectivity index (χ1) is 21.5. The molecule has 45 heavy (non-hydrogen) atoms. The highest BCUT2D eigenvalue weighted by molar-refractivity contribution is 6.39. The highest BCUT2D eigenvalue weighted by Gasteiger charge is 2.47. The molecule has 234 valence electrons. The predicted octanol–water partition coefficient (Wildman–Crippen LogP) is 3.67. The Bertz CT molecular complexity index is 1730. The van der Waals surface area contributed by atoms with Crippen molar-refractivity contribution in [2.24, 2.45) is 5.92 Å². The number of hydrogen-bond donors (Lipinski definition) is 2. The van der Waals surface area contributed by atoms with Crippen LogP contribution in [-0.2, 0) is 20.9 Å². The van der Waals surface area contributed by atoms with Gasteiger partial charge in [0.05, 0.1) is 40.3 Å². The van der Waals surface area contributed by atoms with Gasteiger partial charge in [-0.05, 0) is 12.5 Å². The summed E-state index contributed by atoms with van der Waals surface area (Å²) < 4.78 is 5.59. The smallest absolute Gasteiger partial charge is 0.326 e. The van der Waals surface area contributed by atoms with Crippen LogP contribution in [0.15, 0.2) is 42.6 Å². The van der Waals surface area contributed by atoms with E-state index in [0.29, 0.717) is 57.6 Å². The molecule has 6 rings (SSSR count). The van der Waals surface area contributed by atoms with Crippen LogP contribution in [0.2, 0.25) is 10.0 Å².